The Bertz CT molecular complexity index is 1040. The van der Waals surface area contributed by atoms with E-state index in [0.29, 0.717) is 24.8 Å². The highest BCUT2D eigenvalue weighted by atomic mass is 16.7. The molecule has 0 fully saturated rings. The molecule has 36 heavy (non-hydrogen) atoms. The summed E-state index contributed by atoms with van der Waals surface area (Å²) in [6.07, 6.45) is 0.664. The molecule has 0 bridgehead atoms. The lowest BCUT2D eigenvalue weighted by molar-refractivity contribution is -0.140. The average molecular weight is 505 g/mol. The Morgan fingerprint density at radius 1 is 0.972 bits per heavy atom. The Balaban J connectivity index is 2.04. The number of nitrogens with one attached hydrogen (secondary N) is 1. The summed E-state index contributed by atoms with van der Waals surface area (Å²) in [6, 6.07) is 5.38. The first-order valence-corrected chi connectivity index (χ1v) is 11.2. The lowest BCUT2D eigenvalue weighted by atomic mass is 9.92. The van der Waals surface area contributed by atoms with Gasteiger partial charge in [0.2, 0.25) is 5.95 Å². The molecule has 2 atom stereocenters. The van der Waals surface area contributed by atoms with E-state index in [-0.39, 0.29) is 41.9 Å². The van der Waals surface area contributed by atoms with Crippen molar-refractivity contribution in [1.82, 2.24) is 15.3 Å². The zero-order valence-electron chi connectivity index (χ0n) is 20.1. The maximum atomic E-state index is 12.4. The topological polar surface area (TPSA) is 226 Å². The number of ether oxygens (including phenoxy) is 2. The van der Waals surface area contributed by atoms with E-state index in [0.717, 1.165) is 5.56 Å². The van der Waals surface area contributed by atoms with Crippen LogP contribution in [0, 0.1) is 0 Å². The number of anilines is 3. The minimum atomic E-state index is -1.30. The Kier molecular flexibility index (Phi) is 10.4. The highest BCUT2D eigenvalue weighted by molar-refractivity contribution is 5.96. The molecule has 0 saturated carbocycles. The number of hydrogen-bond donors (Lipinski definition) is 6. The highest BCUT2D eigenvalue weighted by Gasteiger charge is 2.28. The normalized spacial score (nSPS) is 12.8. The van der Waals surface area contributed by atoms with Crippen molar-refractivity contribution in [2.75, 3.05) is 31.4 Å². The predicted octanol–water partition coefficient (Wildman–Crippen LogP) is 0.996. The summed E-state index contributed by atoms with van der Waals surface area (Å²) < 4.78 is 10.9. The largest absolute Gasteiger partial charge is 0.481 e. The van der Waals surface area contributed by atoms with Crippen molar-refractivity contribution in [1.29, 1.82) is 0 Å². The number of aryl methyl sites for hydroxylation is 1. The second-order valence-corrected chi connectivity index (χ2v) is 8.10. The SMILES string of the molecule is COC(OC)C(CCCc1ccc(C(=O)N[C@@H](CCC(=O)O)C(=O)O)cc1)c1c(N)nc(N)nc1N. The molecule has 0 aliphatic rings. The van der Waals surface area contributed by atoms with Gasteiger partial charge < -0.3 is 42.2 Å². The molecule has 196 valence electrons. The van der Waals surface area contributed by atoms with Gasteiger partial charge in [-0.1, -0.05) is 12.1 Å². The minimum Gasteiger partial charge on any atom is -0.481 e. The molecule has 1 amide bonds. The molecule has 0 aliphatic heterocycles. The van der Waals surface area contributed by atoms with E-state index in [9.17, 15) is 19.5 Å². The van der Waals surface area contributed by atoms with Crippen LogP contribution in [0.4, 0.5) is 17.6 Å². The number of carboxylic acid groups (broad SMARTS) is 2. The molecule has 9 N–H and O–H groups in total. The minimum absolute atomic E-state index is 0.0282. The van der Waals surface area contributed by atoms with E-state index in [2.05, 4.69) is 15.3 Å². The molecule has 0 radical (unpaired) electrons. The van der Waals surface area contributed by atoms with Crippen LogP contribution in [0.3, 0.4) is 0 Å². The first-order valence-electron chi connectivity index (χ1n) is 11.2. The number of rotatable bonds is 14. The molecule has 0 aliphatic carbocycles. The van der Waals surface area contributed by atoms with Gasteiger partial charge >= 0.3 is 11.9 Å². The van der Waals surface area contributed by atoms with Gasteiger partial charge in [0.25, 0.3) is 5.91 Å². The zero-order chi connectivity index (χ0) is 26.8. The third-order valence-corrected chi connectivity index (χ3v) is 5.63. The number of benzene rings is 1. The number of carbonyl (C=O) groups excluding carboxylic acids is 1. The summed E-state index contributed by atoms with van der Waals surface area (Å²) in [6.45, 7) is 0. The fourth-order valence-corrected chi connectivity index (χ4v) is 3.86. The van der Waals surface area contributed by atoms with Crippen molar-refractivity contribution in [2.45, 2.75) is 50.4 Å². The number of amides is 1. The van der Waals surface area contributed by atoms with Crippen molar-refractivity contribution in [3.8, 4) is 0 Å². The smallest absolute Gasteiger partial charge is 0.326 e. The van der Waals surface area contributed by atoms with Crippen LogP contribution in [-0.2, 0) is 25.5 Å². The number of nitrogens with zero attached hydrogens (tertiary/aromatic N) is 2. The number of carboxylic acids is 2. The lowest BCUT2D eigenvalue weighted by Gasteiger charge is -2.26. The molecule has 0 spiro atoms. The molecule has 1 aromatic heterocycles. The Labute approximate surface area is 208 Å². The van der Waals surface area contributed by atoms with Gasteiger partial charge in [0, 0.05) is 37.7 Å². The van der Waals surface area contributed by atoms with Crippen LogP contribution in [0.1, 0.15) is 53.1 Å². The highest BCUT2D eigenvalue weighted by Crippen LogP contribution is 2.34. The van der Waals surface area contributed by atoms with Gasteiger partial charge in [-0.05, 0) is 43.4 Å². The van der Waals surface area contributed by atoms with E-state index in [1.165, 1.54) is 14.2 Å². The van der Waals surface area contributed by atoms with Crippen LogP contribution >= 0.6 is 0 Å². The molecule has 1 heterocycles. The van der Waals surface area contributed by atoms with Crippen molar-refractivity contribution < 1.29 is 34.1 Å². The summed E-state index contributed by atoms with van der Waals surface area (Å²) in [4.78, 5) is 42.4. The maximum absolute atomic E-state index is 12.4. The molecule has 1 unspecified atom stereocenters. The number of aromatic nitrogens is 2. The number of hydrogen-bond acceptors (Lipinski definition) is 10. The third kappa shape index (κ3) is 7.78. The standard InChI is InChI=1S/C23H32N6O7/c1-35-22(36-2)14(17-18(24)28-23(26)29-19(17)25)5-3-4-12-6-8-13(9-7-12)20(32)27-15(21(33)34)10-11-16(30)31/h6-9,14-15,22H,3-5,10-11H2,1-2H3,(H,27,32)(H,30,31)(H,33,34)(H6,24,25,26,28,29)/t14?,15-/m0/s1. The number of nitrogens with two attached hydrogens (primary N) is 3. The number of nitrogen functional groups attached to an aromatic ring is 3. The zero-order valence-corrected chi connectivity index (χ0v) is 20.1. The fraction of sp³-hybridized carbons (Fsp3) is 0.435. The monoisotopic (exact) mass is 504 g/mol. The summed E-state index contributed by atoms with van der Waals surface area (Å²) >= 11 is 0. The second kappa shape index (κ2) is 13.2. The van der Waals surface area contributed by atoms with Crippen LogP contribution in [0.15, 0.2) is 24.3 Å². The van der Waals surface area contributed by atoms with Gasteiger partial charge in [-0.3, -0.25) is 9.59 Å². The third-order valence-electron chi connectivity index (χ3n) is 5.63. The van der Waals surface area contributed by atoms with E-state index < -0.39 is 30.2 Å². The Morgan fingerprint density at radius 2 is 1.56 bits per heavy atom. The van der Waals surface area contributed by atoms with Gasteiger partial charge in [-0.25, -0.2) is 4.79 Å². The fourth-order valence-electron chi connectivity index (χ4n) is 3.86. The van der Waals surface area contributed by atoms with Crippen molar-refractivity contribution in [3.63, 3.8) is 0 Å². The van der Waals surface area contributed by atoms with Gasteiger partial charge in [0.05, 0.1) is 0 Å². The first kappa shape index (κ1) is 28.3. The molecule has 13 heteroatoms. The van der Waals surface area contributed by atoms with Gasteiger partial charge in [-0.2, -0.15) is 9.97 Å². The molecular weight excluding hydrogens is 472 g/mol. The molecular formula is C23H32N6O7. The van der Waals surface area contributed by atoms with E-state index in [1.807, 2.05) is 0 Å². The summed E-state index contributed by atoms with van der Waals surface area (Å²) in [5.74, 6) is -3.11. The van der Waals surface area contributed by atoms with Crippen LogP contribution in [0.25, 0.3) is 0 Å². The maximum Gasteiger partial charge on any atom is 0.326 e. The van der Waals surface area contributed by atoms with Crippen LogP contribution in [0.2, 0.25) is 0 Å². The average Bonchev–Trinajstić information content (AvgIpc) is 2.81. The molecule has 2 aromatic rings. The number of aliphatic carboxylic acids is 2. The second-order valence-electron chi connectivity index (χ2n) is 8.10. The Hall–Kier alpha value is -3.97. The van der Waals surface area contributed by atoms with Gasteiger partial charge in [-0.15, -0.1) is 0 Å². The molecule has 2 rings (SSSR count). The van der Waals surface area contributed by atoms with Crippen molar-refractivity contribution >= 4 is 35.4 Å². The summed E-state index contributed by atoms with van der Waals surface area (Å²) in [5, 5.41) is 20.3. The number of carbonyl (C=O) groups is 3. The van der Waals surface area contributed by atoms with E-state index in [1.54, 1.807) is 24.3 Å². The van der Waals surface area contributed by atoms with Crippen molar-refractivity contribution in [2.24, 2.45) is 0 Å². The summed E-state index contributed by atoms with van der Waals surface area (Å²) in [7, 11) is 3.01. The predicted molar refractivity (Wildman–Crippen MR) is 131 cm³/mol. The first-order chi connectivity index (χ1) is 17.1. The van der Waals surface area contributed by atoms with E-state index >= 15 is 0 Å². The van der Waals surface area contributed by atoms with Crippen LogP contribution in [-0.4, -0.2) is 64.6 Å². The number of methoxy groups -OCH3 is 2. The quantitative estimate of drug-likeness (QED) is 0.198. The van der Waals surface area contributed by atoms with Gasteiger partial charge in [0.1, 0.15) is 17.7 Å². The van der Waals surface area contributed by atoms with Crippen LogP contribution in [0.5, 0.6) is 0 Å². The summed E-state index contributed by atoms with van der Waals surface area (Å²) in [5.41, 5.74) is 19.4. The lowest BCUT2D eigenvalue weighted by Crippen LogP contribution is -2.41. The van der Waals surface area contributed by atoms with Gasteiger partial charge in [0.15, 0.2) is 6.29 Å². The van der Waals surface area contributed by atoms with E-state index in [4.69, 9.17) is 31.8 Å². The van der Waals surface area contributed by atoms with Crippen molar-refractivity contribution in [3.05, 3.63) is 41.0 Å². The molecule has 1 aromatic carbocycles. The molecule has 13 nitrogen and oxygen atoms in total. The van der Waals surface area contributed by atoms with Crippen LogP contribution < -0.4 is 22.5 Å². The molecule has 0 saturated heterocycles. The Morgan fingerprint density at radius 3 is 2.06 bits per heavy atom.